The molecule has 0 aliphatic heterocycles. The van der Waals surface area contributed by atoms with Crippen LogP contribution in [0.4, 0.5) is 0 Å². The molecule has 0 aliphatic carbocycles. The molecule has 2 N–H and O–H groups in total. The lowest BCUT2D eigenvalue weighted by molar-refractivity contribution is 0.442. The lowest BCUT2D eigenvalue weighted by Gasteiger charge is -2.20. The van der Waals surface area contributed by atoms with Crippen molar-refractivity contribution in [3.8, 4) is 5.75 Å². The van der Waals surface area contributed by atoms with Crippen molar-refractivity contribution in [1.82, 2.24) is 5.32 Å². The molecule has 17 heavy (non-hydrogen) atoms. The van der Waals surface area contributed by atoms with Crippen molar-refractivity contribution in [1.29, 1.82) is 0 Å². The molecule has 1 rings (SSSR count). The molecule has 4 heteroatoms. The predicted octanol–water partition coefficient (Wildman–Crippen LogP) is 2.20. The van der Waals surface area contributed by atoms with Gasteiger partial charge in [-0.25, -0.2) is 0 Å². The van der Waals surface area contributed by atoms with Crippen molar-refractivity contribution in [2.75, 3.05) is 12.8 Å². The van der Waals surface area contributed by atoms with E-state index in [0.717, 1.165) is 12.0 Å². The number of rotatable bonds is 6. The van der Waals surface area contributed by atoms with Crippen LogP contribution in [0.1, 0.15) is 31.9 Å². The molecule has 3 nitrogen and oxygen atoms in total. The Morgan fingerprint density at radius 1 is 1.41 bits per heavy atom. The fraction of sp³-hybridized carbons (Fsp3) is 0.538. The van der Waals surface area contributed by atoms with Crippen LogP contribution in [0.2, 0.25) is 0 Å². The summed E-state index contributed by atoms with van der Waals surface area (Å²) >= 11 is 0. The number of phenolic OH excluding ortho intramolecular Hbond substituents is 1. The number of phenols is 1. The third-order valence-corrected chi connectivity index (χ3v) is 4.24. The van der Waals surface area contributed by atoms with Gasteiger partial charge in [-0.2, -0.15) is 0 Å². The zero-order valence-electron chi connectivity index (χ0n) is 10.6. The summed E-state index contributed by atoms with van der Waals surface area (Å²) in [6, 6.07) is 7.46. The molecular weight excluding hydrogens is 234 g/mol. The minimum atomic E-state index is -0.815. The molecule has 0 spiro atoms. The van der Waals surface area contributed by atoms with Crippen molar-refractivity contribution in [2.24, 2.45) is 0 Å². The van der Waals surface area contributed by atoms with Gasteiger partial charge in [-0.1, -0.05) is 25.1 Å². The van der Waals surface area contributed by atoms with Gasteiger partial charge in [0.05, 0.1) is 0 Å². The number of aromatic hydroxyl groups is 1. The summed E-state index contributed by atoms with van der Waals surface area (Å²) in [7, 11) is -0.815. The second-order valence-electron chi connectivity index (χ2n) is 4.24. The zero-order chi connectivity index (χ0) is 12.8. The summed E-state index contributed by atoms with van der Waals surface area (Å²) in [6.45, 7) is 4.72. The van der Waals surface area contributed by atoms with Crippen molar-refractivity contribution < 1.29 is 9.32 Å². The summed E-state index contributed by atoms with van der Waals surface area (Å²) in [5.41, 5.74) is 0.907. The first-order valence-electron chi connectivity index (χ1n) is 5.89. The van der Waals surface area contributed by atoms with Crippen LogP contribution < -0.4 is 5.32 Å². The summed E-state index contributed by atoms with van der Waals surface area (Å²) < 4.78 is 11.3. The average molecular weight is 255 g/mol. The van der Waals surface area contributed by atoms with Crippen LogP contribution in [0.15, 0.2) is 24.3 Å². The highest BCUT2D eigenvalue weighted by molar-refractivity contribution is 7.84. The van der Waals surface area contributed by atoms with E-state index in [2.05, 4.69) is 12.2 Å². The van der Waals surface area contributed by atoms with Gasteiger partial charge in [0.1, 0.15) is 5.75 Å². The van der Waals surface area contributed by atoms with Crippen molar-refractivity contribution in [3.63, 3.8) is 0 Å². The Balaban J connectivity index is 2.67. The van der Waals surface area contributed by atoms with Gasteiger partial charge in [0, 0.05) is 40.5 Å². The molecule has 0 saturated heterocycles. The summed E-state index contributed by atoms with van der Waals surface area (Å²) in [6.07, 6.45) is 2.61. The van der Waals surface area contributed by atoms with Crippen LogP contribution in [0.25, 0.3) is 0 Å². The third-order valence-electron chi connectivity index (χ3n) is 2.94. The first-order chi connectivity index (χ1) is 8.06. The maximum Gasteiger partial charge on any atom is 0.120 e. The predicted molar refractivity (Wildman–Crippen MR) is 72.7 cm³/mol. The first kappa shape index (κ1) is 14.2. The molecule has 0 aliphatic rings. The van der Waals surface area contributed by atoms with E-state index in [1.54, 1.807) is 12.3 Å². The van der Waals surface area contributed by atoms with Gasteiger partial charge in [0.15, 0.2) is 0 Å². The highest BCUT2D eigenvalue weighted by Crippen LogP contribution is 2.25. The van der Waals surface area contributed by atoms with E-state index >= 15 is 0 Å². The maximum absolute atomic E-state index is 11.3. The lowest BCUT2D eigenvalue weighted by Crippen LogP contribution is -2.30. The van der Waals surface area contributed by atoms with Crippen LogP contribution in [0, 0.1) is 0 Å². The Morgan fingerprint density at radius 3 is 2.59 bits per heavy atom. The largest absolute Gasteiger partial charge is 0.508 e. The summed E-state index contributed by atoms with van der Waals surface area (Å²) in [4.78, 5) is 0. The Labute approximate surface area is 106 Å². The molecule has 0 aromatic heterocycles. The number of nitrogens with one attached hydrogen (secondary N) is 1. The van der Waals surface area contributed by atoms with Crippen LogP contribution in [0.3, 0.4) is 0 Å². The SMILES string of the molecule is CC[C@H](NC[C@@H](C)[S@](C)=O)c1ccccc1O. The number of hydrogen-bond donors (Lipinski definition) is 2. The molecule has 1 aromatic carbocycles. The zero-order valence-corrected chi connectivity index (χ0v) is 11.5. The molecule has 0 saturated carbocycles. The Bertz CT molecular complexity index is 381. The molecule has 0 fully saturated rings. The van der Waals surface area contributed by atoms with Crippen molar-refractivity contribution in [2.45, 2.75) is 31.6 Å². The number of para-hydroxylation sites is 1. The fourth-order valence-corrected chi connectivity index (χ4v) is 2.01. The van der Waals surface area contributed by atoms with E-state index in [-0.39, 0.29) is 11.3 Å². The fourth-order valence-electron chi connectivity index (χ4n) is 1.68. The van der Waals surface area contributed by atoms with E-state index in [1.807, 2.05) is 25.1 Å². The monoisotopic (exact) mass is 255 g/mol. The molecular formula is C13H21NO2S. The second kappa shape index (κ2) is 6.77. The molecule has 96 valence electrons. The van der Waals surface area contributed by atoms with Crippen LogP contribution in [0.5, 0.6) is 5.75 Å². The second-order valence-corrected chi connectivity index (χ2v) is 6.04. The minimum absolute atomic E-state index is 0.113. The molecule has 1 aromatic rings. The van der Waals surface area contributed by atoms with E-state index < -0.39 is 10.8 Å². The lowest BCUT2D eigenvalue weighted by atomic mass is 10.0. The highest BCUT2D eigenvalue weighted by atomic mass is 32.2. The average Bonchev–Trinajstić information content (AvgIpc) is 2.31. The molecule has 0 bridgehead atoms. The van der Waals surface area contributed by atoms with Crippen molar-refractivity contribution in [3.05, 3.63) is 29.8 Å². The molecule has 3 atom stereocenters. The van der Waals surface area contributed by atoms with Gasteiger partial charge in [-0.15, -0.1) is 0 Å². The van der Waals surface area contributed by atoms with Gasteiger partial charge in [-0.3, -0.25) is 4.21 Å². The minimum Gasteiger partial charge on any atom is -0.508 e. The highest BCUT2D eigenvalue weighted by Gasteiger charge is 2.14. The molecule has 0 amide bonds. The topological polar surface area (TPSA) is 49.3 Å². The van der Waals surface area contributed by atoms with E-state index in [9.17, 15) is 9.32 Å². The van der Waals surface area contributed by atoms with Gasteiger partial charge < -0.3 is 10.4 Å². The van der Waals surface area contributed by atoms with Crippen LogP contribution in [-0.4, -0.2) is 27.4 Å². The Morgan fingerprint density at radius 2 is 2.06 bits per heavy atom. The Kier molecular flexibility index (Phi) is 5.65. The first-order valence-corrected chi connectivity index (χ1v) is 7.51. The van der Waals surface area contributed by atoms with Crippen LogP contribution in [-0.2, 0) is 10.8 Å². The van der Waals surface area contributed by atoms with E-state index in [4.69, 9.17) is 0 Å². The summed E-state index contributed by atoms with van der Waals surface area (Å²) in [5, 5.41) is 13.3. The molecule has 0 unspecified atom stereocenters. The summed E-state index contributed by atoms with van der Waals surface area (Å²) in [5.74, 6) is 0.317. The van der Waals surface area contributed by atoms with Gasteiger partial charge in [0.25, 0.3) is 0 Å². The third kappa shape index (κ3) is 4.13. The van der Waals surface area contributed by atoms with Gasteiger partial charge in [0.2, 0.25) is 0 Å². The van der Waals surface area contributed by atoms with Gasteiger partial charge >= 0.3 is 0 Å². The Hall–Kier alpha value is -0.870. The standard InChI is InChI=1S/C13H21NO2S/c1-4-12(14-9-10(2)17(3)16)11-7-5-6-8-13(11)15/h5-8,10,12,14-15H,4,9H2,1-3H3/t10-,12+,17+/m1/s1. The molecule has 0 heterocycles. The normalized spacial score (nSPS) is 16.4. The van der Waals surface area contributed by atoms with Crippen LogP contribution >= 0.6 is 0 Å². The van der Waals surface area contributed by atoms with Crippen molar-refractivity contribution >= 4 is 10.8 Å². The van der Waals surface area contributed by atoms with E-state index in [1.165, 1.54) is 0 Å². The van der Waals surface area contributed by atoms with E-state index in [0.29, 0.717) is 12.3 Å². The molecule has 0 radical (unpaired) electrons. The maximum atomic E-state index is 11.3. The number of benzene rings is 1. The number of hydrogen-bond acceptors (Lipinski definition) is 3. The smallest absolute Gasteiger partial charge is 0.120 e. The van der Waals surface area contributed by atoms with Gasteiger partial charge in [-0.05, 0) is 19.4 Å². The quantitative estimate of drug-likeness (QED) is 0.819.